The van der Waals surface area contributed by atoms with Gasteiger partial charge in [0.05, 0.1) is 27.0 Å². The van der Waals surface area contributed by atoms with Crippen LogP contribution in [-0.2, 0) is 4.79 Å². The molecule has 2 amide bonds. The first-order valence-corrected chi connectivity index (χ1v) is 9.46. The van der Waals surface area contributed by atoms with Crippen LogP contribution in [0.25, 0.3) is 0 Å². The molecule has 3 rings (SSSR count). The first kappa shape index (κ1) is 20.8. The molecule has 1 heterocycles. The van der Waals surface area contributed by atoms with Crippen molar-refractivity contribution in [1.82, 2.24) is 4.90 Å². The van der Waals surface area contributed by atoms with Gasteiger partial charge >= 0.3 is 0 Å². The van der Waals surface area contributed by atoms with E-state index in [0.717, 1.165) is 0 Å². The topological polar surface area (TPSA) is 68.3 Å². The second-order valence-corrected chi connectivity index (χ2v) is 7.02. The lowest BCUT2D eigenvalue weighted by Crippen LogP contribution is -2.57. The summed E-state index contributed by atoms with van der Waals surface area (Å²) in [6.45, 7) is 2.40. The maximum absolute atomic E-state index is 13.1. The molecule has 1 aliphatic heterocycles. The van der Waals surface area contributed by atoms with Gasteiger partial charge in [0.1, 0.15) is 23.3 Å². The van der Waals surface area contributed by atoms with Gasteiger partial charge in [-0.15, -0.1) is 0 Å². The van der Waals surface area contributed by atoms with Crippen molar-refractivity contribution in [2.75, 3.05) is 39.3 Å². The third-order valence-electron chi connectivity index (χ3n) is 4.95. The minimum Gasteiger partial charge on any atom is -0.497 e. The largest absolute Gasteiger partial charge is 0.497 e. The van der Waals surface area contributed by atoms with Crippen molar-refractivity contribution < 1.29 is 23.8 Å². The molecule has 7 nitrogen and oxygen atoms in total. The van der Waals surface area contributed by atoms with E-state index in [0.29, 0.717) is 46.6 Å². The zero-order valence-electron chi connectivity index (χ0n) is 16.8. The van der Waals surface area contributed by atoms with Crippen molar-refractivity contribution in [2.45, 2.75) is 13.0 Å². The molecule has 0 spiro atoms. The average Bonchev–Trinajstić information content (AvgIpc) is 2.74. The van der Waals surface area contributed by atoms with Crippen LogP contribution in [0, 0.1) is 0 Å². The molecule has 1 fully saturated rings. The number of benzene rings is 2. The number of rotatable bonds is 5. The number of carbonyl (C=O) groups excluding carboxylic acids is 2. The molecule has 1 atom stereocenters. The summed E-state index contributed by atoms with van der Waals surface area (Å²) in [5, 5.41) is 0.503. The van der Waals surface area contributed by atoms with E-state index in [1.54, 1.807) is 53.1 Å². The van der Waals surface area contributed by atoms with Gasteiger partial charge in [0.2, 0.25) is 5.91 Å². The Balaban J connectivity index is 1.87. The van der Waals surface area contributed by atoms with Crippen LogP contribution in [-0.4, -0.2) is 57.2 Å². The summed E-state index contributed by atoms with van der Waals surface area (Å²) in [6, 6.07) is 9.41. The highest BCUT2D eigenvalue weighted by atomic mass is 35.5. The zero-order valence-corrected chi connectivity index (χ0v) is 17.5. The molecule has 0 N–H and O–H groups in total. The lowest BCUT2D eigenvalue weighted by atomic mass is 10.1. The predicted octanol–water partition coefficient (Wildman–Crippen LogP) is 3.24. The van der Waals surface area contributed by atoms with E-state index in [4.69, 9.17) is 25.8 Å². The summed E-state index contributed by atoms with van der Waals surface area (Å²) in [5.74, 6) is 1.09. The fourth-order valence-electron chi connectivity index (χ4n) is 3.36. The summed E-state index contributed by atoms with van der Waals surface area (Å²) in [6.07, 6.45) is 0. The fraction of sp³-hybridized carbons (Fsp3) is 0.333. The Hall–Kier alpha value is -2.93. The second-order valence-electron chi connectivity index (χ2n) is 6.58. The van der Waals surface area contributed by atoms with E-state index in [1.165, 1.54) is 21.3 Å². The third-order valence-corrected chi connectivity index (χ3v) is 5.18. The lowest BCUT2D eigenvalue weighted by molar-refractivity contribution is -0.124. The van der Waals surface area contributed by atoms with Crippen molar-refractivity contribution in [3.63, 3.8) is 0 Å². The number of anilines is 1. The maximum atomic E-state index is 13.1. The Morgan fingerprint density at radius 3 is 2.24 bits per heavy atom. The van der Waals surface area contributed by atoms with Crippen LogP contribution in [0.3, 0.4) is 0 Å². The first-order valence-electron chi connectivity index (χ1n) is 9.08. The molecule has 1 aliphatic rings. The molecule has 2 aromatic rings. The smallest absolute Gasteiger partial charge is 0.254 e. The van der Waals surface area contributed by atoms with E-state index in [2.05, 4.69) is 0 Å². The normalized spacial score (nSPS) is 16.6. The maximum Gasteiger partial charge on any atom is 0.254 e. The zero-order chi connectivity index (χ0) is 21.1. The summed E-state index contributed by atoms with van der Waals surface area (Å²) in [7, 11) is 4.58. The molecule has 1 saturated heterocycles. The summed E-state index contributed by atoms with van der Waals surface area (Å²) in [5.41, 5.74) is 0.988. The number of piperazine rings is 1. The van der Waals surface area contributed by atoms with E-state index in [-0.39, 0.29) is 11.8 Å². The highest BCUT2D eigenvalue weighted by Gasteiger charge is 2.36. The van der Waals surface area contributed by atoms with Gasteiger partial charge in [-0.2, -0.15) is 0 Å². The monoisotopic (exact) mass is 418 g/mol. The minimum absolute atomic E-state index is 0.208. The van der Waals surface area contributed by atoms with Crippen LogP contribution in [0.5, 0.6) is 17.2 Å². The molecule has 2 aromatic carbocycles. The number of methoxy groups -OCH3 is 3. The van der Waals surface area contributed by atoms with Gasteiger partial charge in [-0.1, -0.05) is 11.6 Å². The third kappa shape index (κ3) is 4.10. The van der Waals surface area contributed by atoms with E-state index >= 15 is 0 Å². The molecule has 0 radical (unpaired) electrons. The van der Waals surface area contributed by atoms with Gasteiger partial charge in [0.25, 0.3) is 5.91 Å². The Labute approximate surface area is 174 Å². The van der Waals surface area contributed by atoms with E-state index in [1.807, 2.05) is 0 Å². The van der Waals surface area contributed by atoms with Crippen molar-refractivity contribution in [3.8, 4) is 17.2 Å². The standard InChI is InChI=1S/C21H23ClN2O5/c1-13-20(25)24(18-11-15(22)5-6-19(18)29-4)8-7-23(13)21(26)14-9-16(27-2)12-17(10-14)28-3/h5-6,9-13H,7-8H2,1-4H3. The number of amides is 2. The van der Waals surface area contributed by atoms with Gasteiger partial charge in [-0.3, -0.25) is 9.59 Å². The number of hydrogen-bond acceptors (Lipinski definition) is 5. The molecule has 8 heteroatoms. The van der Waals surface area contributed by atoms with Crippen molar-refractivity contribution in [2.24, 2.45) is 0 Å². The molecule has 0 bridgehead atoms. The molecular weight excluding hydrogens is 396 g/mol. The molecule has 0 aliphatic carbocycles. The number of ether oxygens (including phenoxy) is 3. The highest BCUT2D eigenvalue weighted by Crippen LogP contribution is 2.33. The first-order chi connectivity index (χ1) is 13.9. The number of carbonyl (C=O) groups is 2. The molecule has 154 valence electrons. The number of hydrogen-bond donors (Lipinski definition) is 0. The van der Waals surface area contributed by atoms with Crippen LogP contribution in [0.1, 0.15) is 17.3 Å². The minimum atomic E-state index is -0.655. The quantitative estimate of drug-likeness (QED) is 0.745. The Bertz CT molecular complexity index is 911. The van der Waals surface area contributed by atoms with Crippen LogP contribution < -0.4 is 19.1 Å². The second kappa shape index (κ2) is 8.61. The number of halogens is 1. The molecular formula is C21H23ClN2O5. The SMILES string of the molecule is COc1cc(OC)cc(C(=O)N2CCN(c3cc(Cl)ccc3OC)C(=O)C2C)c1. The Morgan fingerprint density at radius 1 is 1.00 bits per heavy atom. The summed E-state index contributed by atoms with van der Waals surface area (Å²) in [4.78, 5) is 29.3. The molecule has 0 aromatic heterocycles. The highest BCUT2D eigenvalue weighted by molar-refractivity contribution is 6.31. The molecule has 0 saturated carbocycles. The van der Waals surface area contributed by atoms with Crippen molar-refractivity contribution in [1.29, 1.82) is 0 Å². The van der Waals surface area contributed by atoms with Crippen molar-refractivity contribution >= 4 is 29.1 Å². The van der Waals surface area contributed by atoms with E-state index in [9.17, 15) is 9.59 Å². The van der Waals surface area contributed by atoms with Crippen LogP contribution in [0.2, 0.25) is 5.02 Å². The van der Waals surface area contributed by atoms with Crippen LogP contribution in [0.15, 0.2) is 36.4 Å². The average molecular weight is 419 g/mol. The van der Waals surface area contributed by atoms with Crippen LogP contribution >= 0.6 is 11.6 Å². The summed E-state index contributed by atoms with van der Waals surface area (Å²) < 4.78 is 15.9. The fourth-order valence-corrected chi connectivity index (χ4v) is 3.52. The van der Waals surface area contributed by atoms with Gasteiger partial charge in [0.15, 0.2) is 0 Å². The molecule has 1 unspecified atom stereocenters. The molecule has 29 heavy (non-hydrogen) atoms. The van der Waals surface area contributed by atoms with Crippen molar-refractivity contribution in [3.05, 3.63) is 47.0 Å². The van der Waals surface area contributed by atoms with Gasteiger partial charge in [0, 0.05) is 29.7 Å². The Morgan fingerprint density at radius 2 is 1.66 bits per heavy atom. The van der Waals surface area contributed by atoms with Gasteiger partial charge < -0.3 is 24.0 Å². The summed E-state index contributed by atoms with van der Waals surface area (Å²) >= 11 is 6.11. The van der Waals surface area contributed by atoms with Crippen LogP contribution in [0.4, 0.5) is 5.69 Å². The Kier molecular flexibility index (Phi) is 6.17. The van der Waals surface area contributed by atoms with E-state index < -0.39 is 6.04 Å². The lowest BCUT2D eigenvalue weighted by Gasteiger charge is -2.39. The number of nitrogens with zero attached hydrogens (tertiary/aromatic N) is 2. The van der Waals surface area contributed by atoms with Gasteiger partial charge in [-0.05, 0) is 37.3 Å². The van der Waals surface area contributed by atoms with Gasteiger partial charge in [-0.25, -0.2) is 0 Å². The predicted molar refractivity (Wildman–Crippen MR) is 110 cm³/mol.